The summed E-state index contributed by atoms with van der Waals surface area (Å²) in [6.07, 6.45) is 4.17. The standard InChI is InChI=1S/C12H18N4O4S/c13-15-10-5-6-12(11(7-10)16(17)18)21(19,20)14-8-9-3-1-2-4-9/h5-7,9,14-15H,1-4,8,13H2. The SMILES string of the molecule is NNc1ccc(S(=O)(=O)NCC2CCCC2)c([N+](=O)[O-])c1. The Morgan fingerprint density at radius 3 is 2.57 bits per heavy atom. The molecule has 0 heterocycles. The molecular formula is C12H18N4O4S. The summed E-state index contributed by atoms with van der Waals surface area (Å²) in [5.74, 6) is 5.49. The van der Waals surface area contributed by atoms with E-state index in [9.17, 15) is 18.5 Å². The fraction of sp³-hybridized carbons (Fsp3) is 0.500. The number of hydrogen-bond donors (Lipinski definition) is 3. The average Bonchev–Trinajstić information content (AvgIpc) is 2.98. The summed E-state index contributed by atoms with van der Waals surface area (Å²) in [6.45, 7) is 0.316. The van der Waals surface area contributed by atoms with Crippen molar-refractivity contribution < 1.29 is 13.3 Å². The summed E-state index contributed by atoms with van der Waals surface area (Å²) >= 11 is 0. The van der Waals surface area contributed by atoms with E-state index in [2.05, 4.69) is 10.1 Å². The first-order chi connectivity index (χ1) is 9.94. The molecule has 116 valence electrons. The van der Waals surface area contributed by atoms with Gasteiger partial charge in [-0.3, -0.25) is 16.0 Å². The fourth-order valence-corrected chi connectivity index (χ4v) is 3.76. The number of nitro benzene ring substituents is 1. The van der Waals surface area contributed by atoms with Crippen molar-refractivity contribution in [1.82, 2.24) is 4.72 Å². The number of nitrogens with one attached hydrogen (secondary N) is 2. The molecule has 0 aromatic heterocycles. The number of nitrogens with zero attached hydrogens (tertiary/aromatic N) is 1. The van der Waals surface area contributed by atoms with Crippen LogP contribution in [0.1, 0.15) is 25.7 Å². The second kappa shape index (κ2) is 6.37. The molecule has 1 aromatic carbocycles. The summed E-state index contributed by atoms with van der Waals surface area (Å²) in [6, 6.07) is 3.67. The molecular weight excluding hydrogens is 296 g/mol. The van der Waals surface area contributed by atoms with E-state index in [0.717, 1.165) is 31.7 Å². The van der Waals surface area contributed by atoms with Gasteiger partial charge < -0.3 is 5.43 Å². The molecule has 8 nitrogen and oxygen atoms in total. The molecule has 4 N–H and O–H groups in total. The molecule has 0 aliphatic heterocycles. The monoisotopic (exact) mass is 314 g/mol. The van der Waals surface area contributed by atoms with Crippen LogP contribution in [-0.2, 0) is 10.0 Å². The third-order valence-corrected chi connectivity index (χ3v) is 5.12. The van der Waals surface area contributed by atoms with Crippen molar-refractivity contribution in [1.29, 1.82) is 0 Å². The Labute approximate surface area is 122 Å². The Morgan fingerprint density at radius 1 is 1.33 bits per heavy atom. The van der Waals surface area contributed by atoms with Crippen molar-refractivity contribution in [3.05, 3.63) is 28.3 Å². The predicted molar refractivity (Wildman–Crippen MR) is 78.1 cm³/mol. The summed E-state index contributed by atoms with van der Waals surface area (Å²) in [4.78, 5) is 9.97. The molecule has 1 aliphatic rings. The van der Waals surface area contributed by atoms with Gasteiger partial charge >= 0.3 is 0 Å². The summed E-state index contributed by atoms with van der Waals surface area (Å²) in [7, 11) is -3.91. The molecule has 1 aromatic rings. The number of nitrogens with two attached hydrogens (primary N) is 1. The molecule has 0 unspecified atom stereocenters. The van der Waals surface area contributed by atoms with Gasteiger partial charge in [-0.25, -0.2) is 13.1 Å². The van der Waals surface area contributed by atoms with Gasteiger partial charge in [0.15, 0.2) is 4.90 Å². The molecule has 0 spiro atoms. The number of anilines is 1. The second-order valence-corrected chi connectivity index (χ2v) is 6.82. The number of hydrazine groups is 1. The van der Waals surface area contributed by atoms with Gasteiger partial charge in [-0.15, -0.1) is 0 Å². The van der Waals surface area contributed by atoms with Gasteiger partial charge in [0, 0.05) is 12.6 Å². The highest BCUT2D eigenvalue weighted by atomic mass is 32.2. The molecule has 0 amide bonds. The Balaban J connectivity index is 2.23. The highest BCUT2D eigenvalue weighted by Gasteiger charge is 2.27. The highest BCUT2D eigenvalue weighted by Crippen LogP contribution is 2.28. The lowest BCUT2D eigenvalue weighted by Gasteiger charge is -2.12. The van der Waals surface area contributed by atoms with Crippen LogP contribution in [0.2, 0.25) is 0 Å². The molecule has 1 saturated carbocycles. The van der Waals surface area contributed by atoms with Gasteiger partial charge in [-0.2, -0.15) is 0 Å². The fourth-order valence-electron chi connectivity index (χ4n) is 2.50. The Kier molecular flexibility index (Phi) is 4.76. The lowest BCUT2D eigenvalue weighted by Crippen LogP contribution is -2.29. The predicted octanol–water partition coefficient (Wildman–Crippen LogP) is 1.35. The summed E-state index contributed by atoms with van der Waals surface area (Å²) < 4.78 is 27.0. The topological polar surface area (TPSA) is 127 Å². The average molecular weight is 314 g/mol. The number of rotatable bonds is 6. The molecule has 0 radical (unpaired) electrons. The van der Waals surface area contributed by atoms with E-state index in [4.69, 9.17) is 5.84 Å². The smallest absolute Gasteiger partial charge is 0.291 e. The first-order valence-electron chi connectivity index (χ1n) is 6.69. The molecule has 2 rings (SSSR count). The number of hydrogen-bond acceptors (Lipinski definition) is 6. The van der Waals surface area contributed by atoms with Crippen molar-refractivity contribution >= 4 is 21.4 Å². The first kappa shape index (κ1) is 15.7. The lowest BCUT2D eigenvalue weighted by molar-refractivity contribution is -0.387. The minimum Gasteiger partial charge on any atom is -0.324 e. The Bertz CT molecular complexity index is 626. The zero-order chi connectivity index (χ0) is 15.5. The molecule has 1 aliphatic carbocycles. The third-order valence-electron chi connectivity index (χ3n) is 3.65. The summed E-state index contributed by atoms with van der Waals surface area (Å²) in [5, 5.41) is 11.0. The van der Waals surface area contributed by atoms with Crippen LogP contribution in [-0.4, -0.2) is 19.9 Å². The van der Waals surface area contributed by atoms with Crippen LogP contribution in [0.3, 0.4) is 0 Å². The number of benzene rings is 1. The van der Waals surface area contributed by atoms with Crippen molar-refractivity contribution in [2.24, 2.45) is 11.8 Å². The quantitative estimate of drug-likeness (QED) is 0.413. The maximum absolute atomic E-state index is 12.2. The largest absolute Gasteiger partial charge is 0.324 e. The van der Waals surface area contributed by atoms with Crippen molar-refractivity contribution in [3.63, 3.8) is 0 Å². The molecule has 0 saturated heterocycles. The number of nitrogen functional groups attached to an aromatic ring is 1. The zero-order valence-electron chi connectivity index (χ0n) is 11.4. The first-order valence-corrected chi connectivity index (χ1v) is 8.17. The van der Waals surface area contributed by atoms with Crippen LogP contribution in [0.5, 0.6) is 0 Å². The van der Waals surface area contributed by atoms with Crippen LogP contribution in [0.25, 0.3) is 0 Å². The maximum Gasteiger partial charge on any atom is 0.291 e. The number of sulfonamides is 1. The van der Waals surface area contributed by atoms with Crippen molar-refractivity contribution in [2.45, 2.75) is 30.6 Å². The number of nitro groups is 1. The van der Waals surface area contributed by atoms with Crippen molar-refractivity contribution in [2.75, 3.05) is 12.0 Å². The maximum atomic E-state index is 12.2. The van der Waals surface area contributed by atoms with Gasteiger partial charge in [0.2, 0.25) is 10.0 Å². The summed E-state index contributed by atoms with van der Waals surface area (Å²) in [5.41, 5.74) is 2.04. The van der Waals surface area contributed by atoms with Gasteiger partial charge in [0.25, 0.3) is 5.69 Å². The van der Waals surface area contributed by atoms with Crippen LogP contribution < -0.4 is 16.0 Å². The van der Waals surface area contributed by atoms with Gasteiger partial charge in [0.05, 0.1) is 10.6 Å². The second-order valence-electron chi connectivity index (χ2n) is 5.09. The van der Waals surface area contributed by atoms with E-state index >= 15 is 0 Å². The third kappa shape index (κ3) is 3.69. The van der Waals surface area contributed by atoms with E-state index in [1.54, 1.807) is 0 Å². The molecule has 0 bridgehead atoms. The molecule has 9 heteroatoms. The molecule has 0 atom stereocenters. The van der Waals surface area contributed by atoms with Gasteiger partial charge in [0.1, 0.15) is 0 Å². The molecule has 1 fully saturated rings. The van der Waals surface area contributed by atoms with E-state index in [1.807, 2.05) is 0 Å². The van der Waals surface area contributed by atoms with Crippen LogP contribution in [0, 0.1) is 16.0 Å². The van der Waals surface area contributed by atoms with Crippen molar-refractivity contribution in [3.8, 4) is 0 Å². The molecule has 21 heavy (non-hydrogen) atoms. The minimum absolute atomic E-state index is 0.274. The Hall–Kier alpha value is -1.71. The van der Waals surface area contributed by atoms with E-state index < -0.39 is 20.6 Å². The lowest BCUT2D eigenvalue weighted by atomic mass is 10.1. The van der Waals surface area contributed by atoms with Crippen LogP contribution in [0.4, 0.5) is 11.4 Å². The Morgan fingerprint density at radius 2 is 2.00 bits per heavy atom. The van der Waals surface area contributed by atoms with E-state index in [1.165, 1.54) is 12.1 Å². The minimum atomic E-state index is -3.91. The highest BCUT2D eigenvalue weighted by molar-refractivity contribution is 7.89. The van der Waals surface area contributed by atoms with Crippen LogP contribution >= 0.6 is 0 Å². The van der Waals surface area contributed by atoms with Gasteiger partial charge in [-0.05, 0) is 30.9 Å². The van der Waals surface area contributed by atoms with Gasteiger partial charge in [-0.1, -0.05) is 12.8 Å². The normalized spacial score (nSPS) is 16.0. The van der Waals surface area contributed by atoms with Crippen LogP contribution in [0.15, 0.2) is 23.1 Å². The van der Waals surface area contributed by atoms with E-state index in [-0.39, 0.29) is 10.6 Å². The zero-order valence-corrected chi connectivity index (χ0v) is 12.2. The van der Waals surface area contributed by atoms with E-state index in [0.29, 0.717) is 12.5 Å².